The second-order valence-corrected chi connectivity index (χ2v) is 6.07. The zero-order valence-electron chi connectivity index (χ0n) is 11.9. The van der Waals surface area contributed by atoms with Crippen molar-refractivity contribution in [2.45, 2.75) is 24.9 Å². The van der Waals surface area contributed by atoms with Gasteiger partial charge in [-0.15, -0.1) is 0 Å². The lowest BCUT2D eigenvalue weighted by Gasteiger charge is -2.17. The first-order valence-corrected chi connectivity index (χ1v) is 7.79. The molecule has 1 amide bonds. The van der Waals surface area contributed by atoms with E-state index in [9.17, 15) is 14.0 Å². The molecule has 0 aliphatic carbocycles. The summed E-state index contributed by atoms with van der Waals surface area (Å²) in [5.41, 5.74) is -2.30. The molecule has 0 spiro atoms. The first-order valence-electron chi connectivity index (χ1n) is 7.00. The molecular formula is C15H17BrFNO4. The van der Waals surface area contributed by atoms with Crippen LogP contribution in [0.4, 0.5) is 4.39 Å². The summed E-state index contributed by atoms with van der Waals surface area (Å²) in [6.07, 6.45) is 0.546. The largest absolute Gasteiger partial charge is 0.492 e. The van der Waals surface area contributed by atoms with Crippen LogP contribution in [0.1, 0.15) is 19.3 Å². The number of aliphatic carboxylic acids is 1. The Balaban J connectivity index is 1.73. The number of carboxylic acids is 1. The molecule has 7 heteroatoms. The number of nitrogens with zero attached hydrogens (tertiary/aromatic N) is 1. The number of rotatable bonds is 6. The van der Waals surface area contributed by atoms with E-state index in [0.29, 0.717) is 18.8 Å². The normalized spacial score (nSPS) is 20.9. The van der Waals surface area contributed by atoms with Crippen molar-refractivity contribution in [2.24, 2.45) is 0 Å². The van der Waals surface area contributed by atoms with E-state index in [2.05, 4.69) is 15.9 Å². The summed E-state index contributed by atoms with van der Waals surface area (Å²) < 4.78 is 20.3. The molecule has 22 heavy (non-hydrogen) atoms. The molecule has 1 atom stereocenters. The fourth-order valence-electron chi connectivity index (χ4n) is 2.29. The number of hydrogen-bond acceptors (Lipinski definition) is 3. The molecule has 1 saturated heterocycles. The molecule has 1 fully saturated rings. The Morgan fingerprint density at radius 3 is 2.77 bits per heavy atom. The van der Waals surface area contributed by atoms with Crippen LogP contribution in [-0.4, -0.2) is 47.2 Å². The smallest absolute Gasteiger partial charge is 0.343 e. The molecule has 1 heterocycles. The molecule has 0 radical (unpaired) electrons. The van der Waals surface area contributed by atoms with E-state index in [4.69, 9.17) is 9.84 Å². The predicted molar refractivity (Wildman–Crippen MR) is 81.5 cm³/mol. The van der Waals surface area contributed by atoms with Gasteiger partial charge in [0.25, 0.3) is 0 Å². The summed E-state index contributed by atoms with van der Waals surface area (Å²) in [4.78, 5) is 24.0. The second kappa shape index (κ2) is 7.09. The lowest BCUT2D eigenvalue weighted by atomic mass is 10.1. The summed E-state index contributed by atoms with van der Waals surface area (Å²) in [5.74, 6) is -1.04. The molecular weight excluding hydrogens is 357 g/mol. The van der Waals surface area contributed by atoms with Crippen molar-refractivity contribution < 1.29 is 23.8 Å². The molecule has 2 rings (SSSR count). The molecule has 0 aromatic heterocycles. The Morgan fingerprint density at radius 1 is 1.41 bits per heavy atom. The van der Waals surface area contributed by atoms with Gasteiger partial charge in [0, 0.05) is 19.4 Å². The molecule has 120 valence electrons. The molecule has 0 bridgehead atoms. The Hall–Kier alpha value is -1.63. The SMILES string of the molecule is O=C(CCCOc1ccccc1Br)N1CCC(F)(C(=O)O)C1. The van der Waals surface area contributed by atoms with Crippen LogP contribution in [0.5, 0.6) is 5.75 Å². The van der Waals surface area contributed by atoms with Crippen LogP contribution in [0.15, 0.2) is 28.7 Å². The number of carbonyl (C=O) groups excluding carboxylic acids is 1. The van der Waals surface area contributed by atoms with E-state index < -0.39 is 11.6 Å². The third-order valence-corrected chi connectivity index (χ3v) is 4.24. The van der Waals surface area contributed by atoms with E-state index >= 15 is 0 Å². The van der Waals surface area contributed by atoms with Gasteiger partial charge in [0.1, 0.15) is 5.75 Å². The van der Waals surface area contributed by atoms with Gasteiger partial charge in [-0.1, -0.05) is 12.1 Å². The number of amides is 1. The average molecular weight is 374 g/mol. The maximum absolute atomic E-state index is 13.9. The summed E-state index contributed by atoms with van der Waals surface area (Å²) in [6.45, 7) is 0.140. The highest BCUT2D eigenvalue weighted by molar-refractivity contribution is 9.10. The van der Waals surface area contributed by atoms with Gasteiger partial charge < -0.3 is 14.7 Å². The Labute approximate surface area is 136 Å². The van der Waals surface area contributed by atoms with E-state index in [1.807, 2.05) is 24.3 Å². The molecule has 1 aromatic carbocycles. The molecule has 1 N–H and O–H groups in total. The highest BCUT2D eigenvalue weighted by Gasteiger charge is 2.46. The highest BCUT2D eigenvalue weighted by atomic mass is 79.9. The highest BCUT2D eigenvalue weighted by Crippen LogP contribution is 2.27. The van der Waals surface area contributed by atoms with Gasteiger partial charge in [-0.25, -0.2) is 9.18 Å². The van der Waals surface area contributed by atoms with Crippen LogP contribution in [0, 0.1) is 0 Å². The van der Waals surface area contributed by atoms with Crippen LogP contribution in [-0.2, 0) is 9.59 Å². The van der Waals surface area contributed by atoms with Gasteiger partial charge in [-0.05, 0) is 34.5 Å². The minimum absolute atomic E-state index is 0.146. The van der Waals surface area contributed by atoms with Gasteiger partial charge in [-0.3, -0.25) is 4.79 Å². The maximum atomic E-state index is 13.9. The Bertz CT molecular complexity index is 568. The maximum Gasteiger partial charge on any atom is 0.343 e. The first-order chi connectivity index (χ1) is 10.4. The van der Waals surface area contributed by atoms with Gasteiger partial charge in [0.05, 0.1) is 17.6 Å². The zero-order valence-corrected chi connectivity index (χ0v) is 13.5. The average Bonchev–Trinajstić information content (AvgIpc) is 2.89. The molecule has 5 nitrogen and oxygen atoms in total. The fraction of sp³-hybridized carbons (Fsp3) is 0.467. The number of benzene rings is 1. The van der Waals surface area contributed by atoms with Crippen LogP contribution in [0.3, 0.4) is 0 Å². The number of halogens is 2. The van der Waals surface area contributed by atoms with Crippen molar-refractivity contribution in [3.8, 4) is 5.75 Å². The van der Waals surface area contributed by atoms with Crippen LogP contribution in [0.25, 0.3) is 0 Å². The fourth-order valence-corrected chi connectivity index (χ4v) is 2.68. The van der Waals surface area contributed by atoms with Crippen LogP contribution in [0.2, 0.25) is 0 Å². The van der Waals surface area contributed by atoms with E-state index in [-0.39, 0.29) is 31.8 Å². The first kappa shape index (κ1) is 16.7. The Kier molecular flexibility index (Phi) is 5.39. The van der Waals surface area contributed by atoms with Gasteiger partial charge in [-0.2, -0.15) is 0 Å². The predicted octanol–water partition coefficient (Wildman–Crippen LogP) is 2.63. The molecule has 1 aromatic rings. The van der Waals surface area contributed by atoms with Crippen molar-refractivity contribution in [2.75, 3.05) is 19.7 Å². The van der Waals surface area contributed by atoms with Crippen LogP contribution < -0.4 is 4.74 Å². The summed E-state index contributed by atoms with van der Waals surface area (Å²) in [6, 6.07) is 7.40. The third kappa shape index (κ3) is 3.97. The molecule has 1 aliphatic heterocycles. The van der Waals surface area contributed by atoms with E-state index in [0.717, 1.165) is 4.47 Å². The number of likely N-dealkylation sites (tertiary alicyclic amines) is 1. The van der Waals surface area contributed by atoms with Gasteiger partial charge >= 0.3 is 5.97 Å². The van der Waals surface area contributed by atoms with E-state index in [1.165, 1.54) is 4.90 Å². The number of alkyl halides is 1. The van der Waals surface area contributed by atoms with Crippen molar-refractivity contribution >= 4 is 27.8 Å². The molecule has 1 unspecified atom stereocenters. The number of para-hydroxylation sites is 1. The quantitative estimate of drug-likeness (QED) is 0.778. The van der Waals surface area contributed by atoms with Crippen LogP contribution >= 0.6 is 15.9 Å². The third-order valence-electron chi connectivity index (χ3n) is 3.58. The van der Waals surface area contributed by atoms with Gasteiger partial charge in [0.2, 0.25) is 11.6 Å². The summed E-state index contributed by atoms with van der Waals surface area (Å²) in [5, 5.41) is 8.80. The number of carbonyl (C=O) groups is 2. The zero-order chi connectivity index (χ0) is 16.2. The lowest BCUT2D eigenvalue weighted by Crippen LogP contribution is -2.38. The lowest BCUT2D eigenvalue weighted by molar-refractivity contribution is -0.150. The molecule has 0 saturated carbocycles. The minimum atomic E-state index is -2.30. The van der Waals surface area contributed by atoms with Crippen molar-refractivity contribution in [3.05, 3.63) is 28.7 Å². The number of carboxylic acid groups (broad SMARTS) is 1. The van der Waals surface area contributed by atoms with Crippen molar-refractivity contribution in [1.29, 1.82) is 0 Å². The summed E-state index contributed by atoms with van der Waals surface area (Å²) >= 11 is 3.36. The van der Waals surface area contributed by atoms with Crippen molar-refractivity contribution in [3.63, 3.8) is 0 Å². The standard InChI is InChI=1S/C15H17BrFNO4/c16-11-4-1-2-5-12(11)22-9-3-6-13(19)18-8-7-15(17,10-18)14(20)21/h1-2,4-5H,3,6-10H2,(H,20,21). The van der Waals surface area contributed by atoms with Gasteiger partial charge in [0.15, 0.2) is 0 Å². The Morgan fingerprint density at radius 2 is 2.14 bits per heavy atom. The second-order valence-electron chi connectivity index (χ2n) is 5.22. The van der Waals surface area contributed by atoms with E-state index in [1.54, 1.807) is 0 Å². The number of ether oxygens (including phenoxy) is 1. The monoisotopic (exact) mass is 373 g/mol. The van der Waals surface area contributed by atoms with Crippen molar-refractivity contribution in [1.82, 2.24) is 4.90 Å². The molecule has 1 aliphatic rings. The summed E-state index contributed by atoms with van der Waals surface area (Å²) in [7, 11) is 0. The number of hydrogen-bond donors (Lipinski definition) is 1. The minimum Gasteiger partial charge on any atom is -0.492 e. The topological polar surface area (TPSA) is 66.8 Å².